The molecule has 0 saturated carbocycles. The molecule has 0 amide bonds. The largest absolute Gasteiger partial charge is 0.479 e. The molecule has 2 aliphatic heterocycles. The van der Waals surface area contributed by atoms with Crippen LogP contribution in [-0.2, 0) is 58.5 Å². The molecule has 2 saturated heterocycles. The molecule has 19 nitrogen and oxygen atoms in total. The second kappa shape index (κ2) is 10.9. The normalized spacial score (nSPS) is 35.7. The summed E-state index contributed by atoms with van der Waals surface area (Å²) in [6.07, 6.45) is -14.1. The maximum Gasteiger partial charge on any atom is 0.397 e. The average molecular weight is 563 g/mol. The highest BCUT2D eigenvalue weighted by Gasteiger charge is 2.50. The van der Waals surface area contributed by atoms with Crippen LogP contribution in [-0.4, -0.2) is 122 Å². The molecule has 4 unspecified atom stereocenters. The molecule has 7 N–H and O–H groups in total. The lowest BCUT2D eigenvalue weighted by Crippen LogP contribution is -2.63. The number of carboxylic acid groups (broad SMARTS) is 1. The van der Waals surface area contributed by atoms with Crippen molar-refractivity contribution in [2.45, 2.75) is 55.4 Å². The van der Waals surface area contributed by atoms with Crippen molar-refractivity contribution < 1.29 is 81.6 Å². The van der Waals surface area contributed by atoms with Gasteiger partial charge in [-0.2, -0.15) is 30.0 Å². The van der Waals surface area contributed by atoms with E-state index in [0.717, 1.165) is 0 Å². The minimum atomic E-state index is -5.16. The number of hydrogen-bond donors (Lipinski definition) is 7. The molecule has 2 rings (SSSR count). The molecular formula is C12H21NO18S3. The number of hydrogen-bond acceptors (Lipinski definition) is 14. The molecule has 0 aromatic heterocycles. The third-order valence-electron chi connectivity index (χ3n) is 4.46. The van der Waals surface area contributed by atoms with E-state index < -0.39 is 106 Å². The van der Waals surface area contributed by atoms with E-state index in [1.54, 1.807) is 0 Å². The Bertz CT molecular complexity index is 1040. The predicted octanol–water partition coefficient (Wildman–Crippen LogP) is -4.54. The van der Waals surface area contributed by atoms with Gasteiger partial charge in [0.2, 0.25) is 0 Å². The number of ether oxygens (including phenoxy) is 3. The van der Waals surface area contributed by atoms with E-state index in [9.17, 15) is 45.4 Å². The van der Waals surface area contributed by atoms with Crippen molar-refractivity contribution >= 4 is 37.1 Å². The fourth-order valence-corrected chi connectivity index (χ4v) is 4.58. The van der Waals surface area contributed by atoms with Crippen LogP contribution < -0.4 is 4.72 Å². The van der Waals surface area contributed by atoms with Crippen LogP contribution in [0.3, 0.4) is 0 Å². The van der Waals surface area contributed by atoms with Crippen molar-refractivity contribution in [1.29, 1.82) is 0 Å². The lowest BCUT2D eigenvalue weighted by atomic mass is 9.98. The van der Waals surface area contributed by atoms with E-state index in [1.165, 1.54) is 4.72 Å². The molecule has 0 bridgehead atoms. The lowest BCUT2D eigenvalue weighted by Gasteiger charge is -2.43. The zero-order valence-electron chi connectivity index (χ0n) is 16.5. The standard InChI is InChI=1S/C12H21NO18S3/c14-5-1-4(2-28-33(21,22)23)29-12(7(5)13-32(18,19)20)30-9-8(15)6(31-34(24,25)26)3-27-10(9)11(16)17/h4-10,12-15H,1-3H2,(H,16,17)(H,18,19,20)(H,21,22,23)(H,24,25,26)/t4?,5?,6?,7?,8-,9+,10+,12-/m0/s1. The monoisotopic (exact) mass is 563 g/mol. The van der Waals surface area contributed by atoms with Crippen LogP contribution in [0.15, 0.2) is 0 Å². The quantitative estimate of drug-likeness (QED) is 0.123. The number of carboxylic acids is 1. The van der Waals surface area contributed by atoms with Gasteiger partial charge in [-0.15, -0.1) is 0 Å². The highest BCUT2D eigenvalue weighted by Crippen LogP contribution is 2.29. The van der Waals surface area contributed by atoms with Crippen LogP contribution in [0.2, 0.25) is 0 Å². The van der Waals surface area contributed by atoms with E-state index in [4.69, 9.17) is 27.9 Å². The van der Waals surface area contributed by atoms with Gasteiger partial charge in [-0.25, -0.2) is 13.2 Å². The summed E-state index contributed by atoms with van der Waals surface area (Å²) in [5, 5.41) is 30.0. The maximum absolute atomic E-state index is 11.5. The first-order chi connectivity index (χ1) is 15.4. The first kappa shape index (κ1) is 29.1. The highest BCUT2D eigenvalue weighted by molar-refractivity contribution is 7.83. The summed E-state index contributed by atoms with van der Waals surface area (Å²) >= 11 is 0. The summed E-state index contributed by atoms with van der Waals surface area (Å²) < 4.78 is 118. The molecule has 0 aliphatic carbocycles. The van der Waals surface area contributed by atoms with Gasteiger partial charge in [-0.3, -0.25) is 13.7 Å². The Kier molecular flexibility index (Phi) is 9.31. The van der Waals surface area contributed by atoms with Gasteiger partial charge in [0.25, 0.3) is 0 Å². The Morgan fingerprint density at radius 1 is 1.03 bits per heavy atom. The van der Waals surface area contributed by atoms with Gasteiger partial charge in [0.1, 0.15) is 24.4 Å². The van der Waals surface area contributed by atoms with Crippen molar-refractivity contribution in [2.75, 3.05) is 13.2 Å². The Morgan fingerprint density at radius 2 is 1.65 bits per heavy atom. The molecule has 34 heavy (non-hydrogen) atoms. The second-order valence-corrected chi connectivity index (χ2v) is 10.3. The van der Waals surface area contributed by atoms with Crippen LogP contribution in [0.5, 0.6) is 0 Å². The van der Waals surface area contributed by atoms with Crippen LogP contribution in [0.25, 0.3) is 0 Å². The van der Waals surface area contributed by atoms with Crippen LogP contribution in [0, 0.1) is 0 Å². The van der Waals surface area contributed by atoms with Crippen LogP contribution in [0.1, 0.15) is 6.42 Å². The van der Waals surface area contributed by atoms with E-state index in [-0.39, 0.29) is 0 Å². The first-order valence-corrected chi connectivity index (χ1v) is 13.1. The highest BCUT2D eigenvalue weighted by atomic mass is 32.3. The smallest absolute Gasteiger partial charge is 0.397 e. The number of aliphatic hydroxyl groups excluding tert-OH is 2. The summed E-state index contributed by atoms with van der Waals surface area (Å²) in [7, 11) is -15.2. The molecule has 8 atom stereocenters. The molecule has 200 valence electrons. The molecule has 2 heterocycles. The molecular weight excluding hydrogens is 542 g/mol. The van der Waals surface area contributed by atoms with Gasteiger partial charge >= 0.3 is 37.1 Å². The number of aliphatic hydroxyl groups is 2. The molecule has 0 radical (unpaired) electrons. The molecule has 2 aliphatic rings. The molecule has 0 aromatic rings. The molecule has 0 aromatic carbocycles. The SMILES string of the molecule is O=C(O)[C@@H]1OCC(OS(=O)(=O)O)[C@H](O)[C@H]1O[C@@H]1OC(COS(=O)(=O)O)CC(O)C1NS(=O)(=O)O. The number of rotatable bonds is 10. The van der Waals surface area contributed by atoms with Crippen molar-refractivity contribution in [3.8, 4) is 0 Å². The van der Waals surface area contributed by atoms with E-state index in [2.05, 4.69) is 8.37 Å². The summed E-state index contributed by atoms with van der Waals surface area (Å²) in [5.74, 6) is -1.75. The first-order valence-electron chi connectivity index (χ1n) is 8.90. The average Bonchev–Trinajstić information content (AvgIpc) is 2.63. The van der Waals surface area contributed by atoms with Crippen LogP contribution in [0.4, 0.5) is 0 Å². The van der Waals surface area contributed by atoms with E-state index >= 15 is 0 Å². The third-order valence-corrected chi connectivity index (χ3v) is 5.96. The van der Waals surface area contributed by atoms with Crippen molar-refractivity contribution in [3.63, 3.8) is 0 Å². The van der Waals surface area contributed by atoms with Crippen molar-refractivity contribution in [1.82, 2.24) is 4.72 Å². The summed E-state index contributed by atoms with van der Waals surface area (Å²) in [4.78, 5) is 11.5. The van der Waals surface area contributed by atoms with Crippen molar-refractivity contribution in [2.24, 2.45) is 0 Å². The van der Waals surface area contributed by atoms with Crippen LogP contribution >= 0.6 is 0 Å². The fourth-order valence-electron chi connectivity index (χ4n) is 3.16. The van der Waals surface area contributed by atoms with Gasteiger partial charge in [0.15, 0.2) is 12.4 Å². The van der Waals surface area contributed by atoms with E-state index in [1.807, 2.05) is 0 Å². The van der Waals surface area contributed by atoms with E-state index in [0.29, 0.717) is 0 Å². The van der Waals surface area contributed by atoms with Gasteiger partial charge in [0.05, 0.1) is 25.4 Å². The zero-order valence-corrected chi connectivity index (χ0v) is 19.0. The zero-order chi connectivity index (χ0) is 26.1. The fraction of sp³-hybridized carbons (Fsp3) is 0.917. The number of carbonyl (C=O) groups is 1. The Morgan fingerprint density at radius 3 is 2.15 bits per heavy atom. The Hall–Kier alpha value is -1.12. The Balaban J connectivity index is 2.33. The summed E-state index contributed by atoms with van der Waals surface area (Å²) in [6.45, 7) is -1.79. The Labute approximate surface area is 192 Å². The summed E-state index contributed by atoms with van der Waals surface area (Å²) in [5.41, 5.74) is 0. The number of aliphatic carboxylic acids is 1. The predicted molar refractivity (Wildman–Crippen MR) is 99.9 cm³/mol. The third kappa shape index (κ3) is 8.83. The van der Waals surface area contributed by atoms with Gasteiger partial charge in [0, 0.05) is 6.42 Å². The molecule has 0 spiro atoms. The van der Waals surface area contributed by atoms with Gasteiger partial charge in [-0.1, -0.05) is 0 Å². The van der Waals surface area contributed by atoms with Gasteiger partial charge < -0.3 is 29.5 Å². The number of nitrogens with one attached hydrogen (secondary N) is 1. The second-order valence-electron chi connectivity index (χ2n) is 7.01. The minimum absolute atomic E-state index is 0.552. The lowest BCUT2D eigenvalue weighted by molar-refractivity contribution is -0.291. The van der Waals surface area contributed by atoms with Gasteiger partial charge in [-0.05, 0) is 0 Å². The molecule has 22 heteroatoms. The van der Waals surface area contributed by atoms with Crippen molar-refractivity contribution in [3.05, 3.63) is 0 Å². The topological polar surface area (TPSA) is 299 Å². The molecule has 2 fully saturated rings. The summed E-state index contributed by atoms with van der Waals surface area (Å²) in [6, 6.07) is -1.89. The minimum Gasteiger partial charge on any atom is -0.479 e. The maximum atomic E-state index is 11.5.